The van der Waals surface area contributed by atoms with E-state index in [9.17, 15) is 0 Å². The number of hydrogen-bond donors (Lipinski definition) is 1. The van der Waals surface area contributed by atoms with Gasteiger partial charge in [0.05, 0.1) is 6.61 Å². The van der Waals surface area contributed by atoms with Crippen LogP contribution in [0.2, 0.25) is 0 Å². The summed E-state index contributed by atoms with van der Waals surface area (Å²) in [5.41, 5.74) is 2.66. The standard InChI is InChI=1S/C18H28N2O/c1-3-5-12-21-13-11-20-17(15-19-10-4-2)14-16-8-6-7-9-18(16)20/h6-9,14,19H,3-5,10-13,15H2,1-2H3. The van der Waals surface area contributed by atoms with Crippen molar-refractivity contribution in [2.75, 3.05) is 19.8 Å². The van der Waals surface area contributed by atoms with Crippen molar-refractivity contribution in [1.82, 2.24) is 9.88 Å². The molecular formula is C18H28N2O. The van der Waals surface area contributed by atoms with Gasteiger partial charge < -0.3 is 14.6 Å². The number of hydrogen-bond acceptors (Lipinski definition) is 2. The molecule has 1 aromatic carbocycles. The Hall–Kier alpha value is -1.32. The van der Waals surface area contributed by atoms with E-state index in [1.54, 1.807) is 0 Å². The van der Waals surface area contributed by atoms with Crippen LogP contribution in [0, 0.1) is 0 Å². The summed E-state index contributed by atoms with van der Waals surface area (Å²) in [7, 11) is 0. The van der Waals surface area contributed by atoms with Crippen LogP contribution in [0.1, 0.15) is 38.8 Å². The lowest BCUT2D eigenvalue weighted by molar-refractivity contribution is 0.124. The molecule has 1 heterocycles. The molecular weight excluding hydrogens is 260 g/mol. The summed E-state index contributed by atoms with van der Waals surface area (Å²) in [6, 6.07) is 10.9. The molecule has 21 heavy (non-hydrogen) atoms. The number of nitrogens with one attached hydrogen (secondary N) is 1. The van der Waals surface area contributed by atoms with Gasteiger partial charge in [0, 0.05) is 30.9 Å². The topological polar surface area (TPSA) is 26.2 Å². The van der Waals surface area contributed by atoms with Crippen molar-refractivity contribution < 1.29 is 4.74 Å². The third kappa shape index (κ3) is 4.58. The molecule has 0 bridgehead atoms. The zero-order valence-corrected chi connectivity index (χ0v) is 13.4. The Bertz CT molecular complexity index is 533. The van der Waals surface area contributed by atoms with E-state index in [1.165, 1.54) is 29.4 Å². The molecule has 2 aromatic rings. The highest BCUT2D eigenvalue weighted by Gasteiger charge is 2.07. The lowest BCUT2D eigenvalue weighted by Crippen LogP contribution is -2.18. The SMILES string of the molecule is CCCCOCCn1c(CNCCC)cc2ccccc21. The van der Waals surface area contributed by atoms with Crippen LogP contribution in [-0.4, -0.2) is 24.3 Å². The maximum absolute atomic E-state index is 5.74. The number of para-hydroxylation sites is 1. The number of unbranched alkanes of at least 4 members (excludes halogenated alkanes) is 1. The number of benzene rings is 1. The molecule has 0 aliphatic rings. The van der Waals surface area contributed by atoms with Crippen molar-refractivity contribution in [3.63, 3.8) is 0 Å². The molecule has 0 unspecified atom stereocenters. The molecule has 0 radical (unpaired) electrons. The second-order valence-electron chi connectivity index (χ2n) is 5.49. The quantitative estimate of drug-likeness (QED) is 0.670. The van der Waals surface area contributed by atoms with Crippen LogP contribution >= 0.6 is 0 Å². The van der Waals surface area contributed by atoms with Crippen molar-refractivity contribution in [2.24, 2.45) is 0 Å². The van der Waals surface area contributed by atoms with Crippen LogP contribution in [0.25, 0.3) is 10.9 Å². The number of aromatic nitrogens is 1. The molecule has 0 aliphatic carbocycles. The first-order valence-corrected chi connectivity index (χ1v) is 8.22. The molecule has 0 aliphatic heterocycles. The lowest BCUT2D eigenvalue weighted by atomic mass is 10.2. The fourth-order valence-corrected chi connectivity index (χ4v) is 2.58. The molecule has 0 saturated carbocycles. The van der Waals surface area contributed by atoms with Gasteiger partial charge in [0.25, 0.3) is 0 Å². The molecule has 116 valence electrons. The van der Waals surface area contributed by atoms with Crippen molar-refractivity contribution in [1.29, 1.82) is 0 Å². The Morgan fingerprint density at radius 1 is 1.10 bits per heavy atom. The number of fused-ring (bicyclic) bond motifs is 1. The summed E-state index contributed by atoms with van der Waals surface area (Å²) in [4.78, 5) is 0. The maximum Gasteiger partial charge on any atom is 0.0645 e. The van der Waals surface area contributed by atoms with E-state index in [2.05, 4.69) is 54.1 Å². The first-order chi connectivity index (χ1) is 10.4. The zero-order chi connectivity index (χ0) is 14.9. The van der Waals surface area contributed by atoms with Crippen molar-refractivity contribution >= 4 is 10.9 Å². The minimum Gasteiger partial charge on any atom is -0.380 e. The fraction of sp³-hybridized carbons (Fsp3) is 0.556. The van der Waals surface area contributed by atoms with Gasteiger partial charge in [-0.05, 0) is 36.9 Å². The number of rotatable bonds is 10. The minimum absolute atomic E-state index is 0.791. The summed E-state index contributed by atoms with van der Waals surface area (Å²) in [5, 5.41) is 4.82. The molecule has 3 nitrogen and oxygen atoms in total. The Morgan fingerprint density at radius 2 is 1.95 bits per heavy atom. The van der Waals surface area contributed by atoms with Crippen molar-refractivity contribution in [3.05, 3.63) is 36.0 Å². The second-order valence-corrected chi connectivity index (χ2v) is 5.49. The number of nitrogens with zero attached hydrogens (tertiary/aromatic N) is 1. The average molecular weight is 288 g/mol. The summed E-state index contributed by atoms with van der Waals surface area (Å²) in [6.07, 6.45) is 3.51. The van der Waals surface area contributed by atoms with Crippen molar-refractivity contribution in [2.45, 2.75) is 46.2 Å². The van der Waals surface area contributed by atoms with Gasteiger partial charge in [0.2, 0.25) is 0 Å². The van der Waals surface area contributed by atoms with Crippen LogP contribution in [0.15, 0.2) is 30.3 Å². The first-order valence-electron chi connectivity index (χ1n) is 8.22. The summed E-state index contributed by atoms with van der Waals surface area (Å²) in [6.45, 7) is 8.98. The maximum atomic E-state index is 5.74. The molecule has 1 aromatic heterocycles. The molecule has 0 spiro atoms. The van der Waals surface area contributed by atoms with Crippen LogP contribution in [0.3, 0.4) is 0 Å². The predicted octanol–water partition coefficient (Wildman–Crippen LogP) is 3.96. The van der Waals surface area contributed by atoms with E-state index in [0.29, 0.717) is 0 Å². The van der Waals surface area contributed by atoms with Gasteiger partial charge in [-0.2, -0.15) is 0 Å². The summed E-state index contributed by atoms with van der Waals surface area (Å²) < 4.78 is 8.13. The molecule has 0 saturated heterocycles. The van der Waals surface area contributed by atoms with Crippen molar-refractivity contribution in [3.8, 4) is 0 Å². The van der Waals surface area contributed by atoms with Gasteiger partial charge in [-0.25, -0.2) is 0 Å². The molecule has 0 atom stereocenters. The minimum atomic E-state index is 0.791. The second kappa shape index (κ2) is 8.85. The van der Waals surface area contributed by atoms with Crippen LogP contribution < -0.4 is 5.32 Å². The molecule has 3 heteroatoms. The third-order valence-electron chi connectivity index (χ3n) is 3.73. The van der Waals surface area contributed by atoms with Gasteiger partial charge in [-0.15, -0.1) is 0 Å². The first kappa shape index (κ1) is 16.1. The Labute approximate surface area is 128 Å². The zero-order valence-electron chi connectivity index (χ0n) is 13.4. The van der Waals surface area contributed by atoms with E-state index < -0.39 is 0 Å². The molecule has 1 N–H and O–H groups in total. The molecule has 0 amide bonds. The van der Waals surface area contributed by atoms with E-state index in [1.807, 2.05) is 0 Å². The third-order valence-corrected chi connectivity index (χ3v) is 3.73. The fourth-order valence-electron chi connectivity index (χ4n) is 2.58. The highest BCUT2D eigenvalue weighted by Crippen LogP contribution is 2.19. The highest BCUT2D eigenvalue weighted by molar-refractivity contribution is 5.81. The van der Waals surface area contributed by atoms with Crippen LogP contribution in [0.5, 0.6) is 0 Å². The normalized spacial score (nSPS) is 11.3. The Morgan fingerprint density at radius 3 is 2.76 bits per heavy atom. The van der Waals surface area contributed by atoms with E-state index in [4.69, 9.17) is 4.74 Å². The summed E-state index contributed by atoms with van der Waals surface area (Å²) >= 11 is 0. The van der Waals surface area contributed by atoms with E-state index in [0.717, 1.165) is 39.3 Å². The summed E-state index contributed by atoms with van der Waals surface area (Å²) in [5.74, 6) is 0. The van der Waals surface area contributed by atoms with Gasteiger partial charge in [0.15, 0.2) is 0 Å². The van der Waals surface area contributed by atoms with Gasteiger partial charge in [0.1, 0.15) is 0 Å². The monoisotopic (exact) mass is 288 g/mol. The van der Waals surface area contributed by atoms with E-state index in [-0.39, 0.29) is 0 Å². The van der Waals surface area contributed by atoms with Crippen LogP contribution in [0.4, 0.5) is 0 Å². The lowest BCUT2D eigenvalue weighted by Gasteiger charge is -2.12. The average Bonchev–Trinajstić information content (AvgIpc) is 2.85. The largest absolute Gasteiger partial charge is 0.380 e. The van der Waals surface area contributed by atoms with Gasteiger partial charge in [-0.3, -0.25) is 0 Å². The smallest absolute Gasteiger partial charge is 0.0645 e. The molecule has 2 rings (SSSR count). The van der Waals surface area contributed by atoms with E-state index >= 15 is 0 Å². The highest BCUT2D eigenvalue weighted by atomic mass is 16.5. The molecule has 0 fully saturated rings. The number of ether oxygens (including phenoxy) is 1. The Balaban J connectivity index is 2.04. The van der Waals surface area contributed by atoms with Gasteiger partial charge >= 0.3 is 0 Å². The Kier molecular flexibility index (Phi) is 6.77. The van der Waals surface area contributed by atoms with Gasteiger partial charge in [-0.1, -0.05) is 38.5 Å². The predicted molar refractivity (Wildman–Crippen MR) is 89.7 cm³/mol. The van der Waals surface area contributed by atoms with Crippen LogP contribution in [-0.2, 0) is 17.8 Å².